The molecule has 11 heteroatoms. The van der Waals surface area contributed by atoms with E-state index in [1.807, 2.05) is 103 Å². The molecule has 0 bridgehead atoms. The molecule has 54 heavy (non-hydrogen) atoms. The van der Waals surface area contributed by atoms with E-state index in [9.17, 15) is 24.6 Å². The van der Waals surface area contributed by atoms with Crippen LogP contribution in [-0.2, 0) is 43.6 Å². The first-order chi connectivity index (χ1) is 26.3. The van der Waals surface area contributed by atoms with E-state index in [1.165, 1.54) is 4.90 Å². The van der Waals surface area contributed by atoms with Crippen molar-refractivity contribution in [3.8, 4) is 11.1 Å². The van der Waals surface area contributed by atoms with E-state index in [4.69, 9.17) is 14.2 Å². The Bertz CT molecular complexity index is 1900. The summed E-state index contributed by atoms with van der Waals surface area (Å²) in [5, 5.41) is 22.1. The zero-order chi connectivity index (χ0) is 37.6. The van der Waals surface area contributed by atoms with Gasteiger partial charge in [-0.1, -0.05) is 104 Å². The van der Waals surface area contributed by atoms with Crippen LogP contribution in [0.15, 0.2) is 103 Å². The lowest BCUT2D eigenvalue weighted by Crippen LogP contribution is -2.46. The van der Waals surface area contributed by atoms with Gasteiger partial charge in [-0.3, -0.25) is 19.4 Å². The van der Waals surface area contributed by atoms with Gasteiger partial charge in [0.1, 0.15) is 12.6 Å². The normalized spacial score (nSPS) is 24.5. The molecule has 4 aromatic rings. The maximum absolute atomic E-state index is 13.2. The number of nitrogens with one attached hydrogen (secondary N) is 1. The van der Waals surface area contributed by atoms with Gasteiger partial charge in [0.25, 0.3) is 5.91 Å². The van der Waals surface area contributed by atoms with Gasteiger partial charge in [-0.15, -0.1) is 0 Å². The van der Waals surface area contributed by atoms with Crippen molar-refractivity contribution in [1.82, 2.24) is 15.1 Å². The Morgan fingerprint density at radius 3 is 2.33 bits per heavy atom. The van der Waals surface area contributed by atoms with Crippen LogP contribution in [0.1, 0.15) is 66.4 Å². The molecular weight excluding hydrogens is 686 g/mol. The first kappa shape index (κ1) is 37.4. The van der Waals surface area contributed by atoms with Gasteiger partial charge in [-0.2, -0.15) is 0 Å². The zero-order valence-corrected chi connectivity index (χ0v) is 30.4. The summed E-state index contributed by atoms with van der Waals surface area (Å²) in [4.78, 5) is 42.0. The molecule has 3 N–H and O–H groups in total. The van der Waals surface area contributed by atoms with Crippen molar-refractivity contribution in [2.75, 3.05) is 19.7 Å². The second-order valence-corrected chi connectivity index (χ2v) is 14.4. The van der Waals surface area contributed by atoms with Crippen molar-refractivity contribution in [3.05, 3.63) is 131 Å². The van der Waals surface area contributed by atoms with E-state index < -0.39 is 24.3 Å². The molecule has 0 radical (unpaired) electrons. The molecule has 3 aliphatic heterocycles. The Labute approximate surface area is 315 Å². The minimum absolute atomic E-state index is 0.0250. The number of carbonyl (C=O) groups is 3. The van der Waals surface area contributed by atoms with Gasteiger partial charge in [0, 0.05) is 24.1 Å². The molecule has 6 unspecified atom stereocenters. The Kier molecular flexibility index (Phi) is 11.8. The SMILES string of the molecule is CC1C(CN2CCCC2CO)OC(c2ccc(-c3cccc(CN4C(=O)CC(NC(=O)OCc5ccccc5)C4=O)c3)cc2)OC1c1ccc(CO)cc1. The second-order valence-electron chi connectivity index (χ2n) is 14.4. The molecule has 3 heterocycles. The quantitative estimate of drug-likeness (QED) is 0.158. The highest BCUT2D eigenvalue weighted by atomic mass is 16.7. The van der Waals surface area contributed by atoms with Gasteiger partial charge in [-0.25, -0.2) is 4.79 Å². The summed E-state index contributed by atoms with van der Waals surface area (Å²) < 4.78 is 18.6. The maximum Gasteiger partial charge on any atom is 0.408 e. The lowest BCUT2D eigenvalue weighted by Gasteiger charge is -2.43. The van der Waals surface area contributed by atoms with E-state index in [0.29, 0.717) is 6.54 Å². The van der Waals surface area contributed by atoms with E-state index in [2.05, 4.69) is 17.1 Å². The fourth-order valence-corrected chi connectivity index (χ4v) is 7.64. The standard InChI is InChI=1S/C43H47N3O8/c1-28-38(24-45-20-6-11-36(45)26-48)53-42(54-40(28)33-14-12-29(25-47)13-15-33)34-18-16-32(17-19-34)35-10-5-9-31(21-35)23-46-39(49)22-37(41(46)50)44-43(51)52-27-30-7-3-2-4-8-30/h2-5,7-10,12-19,21,28,36-38,40,42,47-48H,6,11,20,22-27H2,1H3,(H,44,51). The zero-order valence-electron chi connectivity index (χ0n) is 30.4. The number of rotatable bonds is 12. The fourth-order valence-electron chi connectivity index (χ4n) is 7.64. The van der Waals surface area contributed by atoms with Crippen LogP contribution in [-0.4, -0.2) is 75.8 Å². The fraction of sp³-hybridized carbons (Fsp3) is 0.372. The summed E-state index contributed by atoms with van der Waals surface area (Å²) in [6.45, 7) is 4.01. The number of ether oxygens (including phenoxy) is 3. The van der Waals surface area contributed by atoms with Crippen LogP contribution in [0.4, 0.5) is 4.79 Å². The smallest absolute Gasteiger partial charge is 0.408 e. The number of hydrogen-bond donors (Lipinski definition) is 3. The molecule has 0 spiro atoms. The van der Waals surface area contributed by atoms with Crippen molar-refractivity contribution in [1.29, 1.82) is 0 Å². The molecular formula is C43H47N3O8. The summed E-state index contributed by atoms with van der Waals surface area (Å²) in [7, 11) is 0. The lowest BCUT2D eigenvalue weighted by molar-refractivity contribution is -0.276. The number of carbonyl (C=O) groups excluding carboxylic acids is 3. The van der Waals surface area contributed by atoms with Crippen molar-refractivity contribution < 1.29 is 38.8 Å². The molecule has 4 aromatic carbocycles. The summed E-state index contributed by atoms with van der Waals surface area (Å²) >= 11 is 0. The first-order valence-electron chi connectivity index (χ1n) is 18.7. The number of nitrogens with zero attached hydrogens (tertiary/aromatic N) is 2. The molecule has 0 saturated carbocycles. The highest BCUT2D eigenvalue weighted by Crippen LogP contribution is 2.42. The molecule has 3 fully saturated rings. The van der Waals surface area contributed by atoms with Crippen LogP contribution >= 0.6 is 0 Å². The predicted octanol–water partition coefficient (Wildman–Crippen LogP) is 5.65. The molecule has 0 aromatic heterocycles. The minimum atomic E-state index is -0.978. The van der Waals surface area contributed by atoms with Crippen molar-refractivity contribution in [2.24, 2.45) is 5.92 Å². The van der Waals surface area contributed by atoms with Crippen LogP contribution < -0.4 is 5.32 Å². The van der Waals surface area contributed by atoms with Gasteiger partial charge in [0.05, 0.1) is 38.4 Å². The van der Waals surface area contributed by atoms with Crippen molar-refractivity contribution in [2.45, 2.75) is 76.5 Å². The Morgan fingerprint density at radius 1 is 0.852 bits per heavy atom. The third kappa shape index (κ3) is 8.56. The molecule has 0 aliphatic carbocycles. The number of aliphatic hydroxyl groups excluding tert-OH is 2. The summed E-state index contributed by atoms with van der Waals surface area (Å²) in [5.74, 6) is -0.787. The van der Waals surface area contributed by atoms with Gasteiger partial charge < -0.3 is 29.7 Å². The summed E-state index contributed by atoms with van der Waals surface area (Å²) in [5.41, 5.74) is 6.19. The number of hydrogen-bond acceptors (Lipinski definition) is 9. The number of imide groups is 1. The predicted molar refractivity (Wildman–Crippen MR) is 200 cm³/mol. The number of likely N-dealkylation sites (tertiary alicyclic amines) is 2. The highest BCUT2D eigenvalue weighted by molar-refractivity contribution is 6.06. The van der Waals surface area contributed by atoms with Crippen molar-refractivity contribution >= 4 is 17.9 Å². The Balaban J connectivity index is 1.02. The largest absolute Gasteiger partial charge is 0.445 e. The van der Waals surface area contributed by atoms with E-state index >= 15 is 0 Å². The molecule has 7 rings (SSSR count). The number of aliphatic hydroxyl groups is 2. The van der Waals surface area contributed by atoms with Gasteiger partial charge in [0.15, 0.2) is 6.29 Å². The Hall–Kier alpha value is -4.91. The monoisotopic (exact) mass is 733 g/mol. The van der Waals surface area contributed by atoms with Crippen LogP contribution in [0.2, 0.25) is 0 Å². The van der Waals surface area contributed by atoms with Crippen LogP contribution in [0.5, 0.6) is 0 Å². The molecule has 3 aliphatic rings. The third-order valence-corrected chi connectivity index (χ3v) is 10.8. The van der Waals surface area contributed by atoms with E-state index in [1.54, 1.807) is 0 Å². The molecule has 282 valence electrons. The van der Waals surface area contributed by atoms with Gasteiger partial charge >= 0.3 is 6.09 Å². The average molecular weight is 734 g/mol. The minimum Gasteiger partial charge on any atom is -0.445 e. The summed E-state index contributed by atoms with van der Waals surface area (Å²) in [6.07, 6.45) is 0.157. The summed E-state index contributed by atoms with van der Waals surface area (Å²) in [6, 6.07) is 31.9. The third-order valence-electron chi connectivity index (χ3n) is 10.8. The van der Waals surface area contributed by atoms with Crippen molar-refractivity contribution in [3.63, 3.8) is 0 Å². The molecule has 11 nitrogen and oxygen atoms in total. The van der Waals surface area contributed by atoms with E-state index in [0.717, 1.165) is 58.3 Å². The van der Waals surface area contributed by atoms with Gasteiger partial charge in [-0.05, 0) is 58.8 Å². The average Bonchev–Trinajstić information content (AvgIpc) is 3.77. The molecule has 3 amide bonds. The molecule has 6 atom stereocenters. The number of benzene rings is 4. The van der Waals surface area contributed by atoms with Crippen LogP contribution in [0, 0.1) is 5.92 Å². The topological polar surface area (TPSA) is 138 Å². The van der Waals surface area contributed by atoms with Crippen LogP contribution in [0.3, 0.4) is 0 Å². The van der Waals surface area contributed by atoms with E-state index in [-0.39, 0.29) is 62.9 Å². The second kappa shape index (κ2) is 17.0. The van der Waals surface area contributed by atoms with Gasteiger partial charge in [0.2, 0.25) is 5.91 Å². The molecule has 3 saturated heterocycles. The maximum atomic E-state index is 13.2. The highest BCUT2D eigenvalue weighted by Gasteiger charge is 2.41. The number of alkyl carbamates (subject to hydrolysis) is 1. The van der Waals surface area contributed by atoms with Crippen LogP contribution in [0.25, 0.3) is 11.1 Å². The number of amides is 3. The lowest BCUT2D eigenvalue weighted by atomic mass is 9.89. The Morgan fingerprint density at radius 2 is 1.59 bits per heavy atom. The first-order valence-corrected chi connectivity index (χ1v) is 18.7.